The van der Waals surface area contributed by atoms with Crippen molar-refractivity contribution in [2.75, 3.05) is 6.61 Å². The number of aryl methyl sites for hydroxylation is 1. The smallest absolute Gasteiger partial charge is 0.119 e. The summed E-state index contributed by atoms with van der Waals surface area (Å²) in [5.41, 5.74) is 1.26. The highest BCUT2D eigenvalue weighted by atomic mass is 16.5. The number of hydrogen-bond donors (Lipinski definition) is 0. The third-order valence-electron chi connectivity index (χ3n) is 1.60. The molecule has 1 aromatic carbocycles. The SMILES string of the molecule is CC=CCOc1ccc(C)cc1. The van der Waals surface area contributed by atoms with Crippen LogP contribution in [0.2, 0.25) is 0 Å². The lowest BCUT2D eigenvalue weighted by Crippen LogP contribution is -1.92. The topological polar surface area (TPSA) is 9.23 Å². The lowest BCUT2D eigenvalue weighted by Gasteiger charge is -2.02. The second-order valence-electron chi connectivity index (χ2n) is 2.69. The molecule has 0 unspecified atom stereocenters. The number of rotatable bonds is 3. The largest absolute Gasteiger partial charge is 0.490 e. The van der Waals surface area contributed by atoms with Gasteiger partial charge in [-0.2, -0.15) is 0 Å². The van der Waals surface area contributed by atoms with Gasteiger partial charge in [0.25, 0.3) is 0 Å². The van der Waals surface area contributed by atoms with Crippen molar-refractivity contribution in [2.24, 2.45) is 0 Å². The van der Waals surface area contributed by atoms with Gasteiger partial charge in [-0.05, 0) is 26.0 Å². The van der Waals surface area contributed by atoms with Crippen LogP contribution in [0.3, 0.4) is 0 Å². The number of benzene rings is 1. The molecule has 1 aromatic rings. The van der Waals surface area contributed by atoms with E-state index >= 15 is 0 Å². The van der Waals surface area contributed by atoms with Crippen LogP contribution in [-0.4, -0.2) is 6.61 Å². The van der Waals surface area contributed by atoms with Crippen molar-refractivity contribution in [1.82, 2.24) is 0 Å². The third-order valence-corrected chi connectivity index (χ3v) is 1.60. The molecule has 64 valence electrons. The molecule has 0 amide bonds. The van der Waals surface area contributed by atoms with Gasteiger partial charge in [-0.25, -0.2) is 0 Å². The molecule has 0 heterocycles. The second-order valence-corrected chi connectivity index (χ2v) is 2.69. The zero-order valence-electron chi connectivity index (χ0n) is 7.58. The maximum atomic E-state index is 5.41. The van der Waals surface area contributed by atoms with E-state index in [1.807, 2.05) is 43.3 Å². The van der Waals surface area contributed by atoms with Crippen molar-refractivity contribution in [1.29, 1.82) is 0 Å². The van der Waals surface area contributed by atoms with Gasteiger partial charge in [0, 0.05) is 0 Å². The molecule has 1 heteroatoms. The molecule has 0 radical (unpaired) electrons. The van der Waals surface area contributed by atoms with Gasteiger partial charge in [-0.1, -0.05) is 29.8 Å². The summed E-state index contributed by atoms with van der Waals surface area (Å²) < 4.78 is 5.41. The molecule has 0 bridgehead atoms. The number of ether oxygens (including phenoxy) is 1. The summed E-state index contributed by atoms with van der Waals surface area (Å²) in [6, 6.07) is 8.06. The average molecular weight is 162 g/mol. The normalized spacial score (nSPS) is 10.5. The maximum absolute atomic E-state index is 5.41. The lowest BCUT2D eigenvalue weighted by atomic mass is 10.2. The predicted molar refractivity (Wildman–Crippen MR) is 51.5 cm³/mol. The number of hydrogen-bond acceptors (Lipinski definition) is 1. The lowest BCUT2D eigenvalue weighted by molar-refractivity contribution is 0.362. The minimum Gasteiger partial charge on any atom is -0.490 e. The Balaban J connectivity index is 2.47. The van der Waals surface area contributed by atoms with E-state index in [1.165, 1.54) is 5.56 Å². The van der Waals surface area contributed by atoms with Crippen LogP contribution < -0.4 is 4.74 Å². The Morgan fingerprint density at radius 3 is 2.50 bits per heavy atom. The van der Waals surface area contributed by atoms with Gasteiger partial charge in [0.2, 0.25) is 0 Å². The van der Waals surface area contributed by atoms with Gasteiger partial charge < -0.3 is 4.74 Å². The van der Waals surface area contributed by atoms with Gasteiger partial charge in [-0.15, -0.1) is 0 Å². The molecule has 1 nitrogen and oxygen atoms in total. The van der Waals surface area contributed by atoms with Crippen molar-refractivity contribution >= 4 is 0 Å². The van der Waals surface area contributed by atoms with E-state index in [0.29, 0.717) is 6.61 Å². The van der Waals surface area contributed by atoms with Crippen LogP contribution in [0, 0.1) is 6.92 Å². The van der Waals surface area contributed by atoms with Crippen LogP contribution in [0.5, 0.6) is 5.75 Å². The van der Waals surface area contributed by atoms with Gasteiger partial charge in [0.1, 0.15) is 12.4 Å². The Kier molecular flexibility index (Phi) is 3.39. The summed E-state index contributed by atoms with van der Waals surface area (Å²) in [4.78, 5) is 0. The fourth-order valence-corrected chi connectivity index (χ4v) is 0.875. The van der Waals surface area contributed by atoms with Gasteiger partial charge in [-0.3, -0.25) is 0 Å². The standard InChI is InChI=1S/C11H14O/c1-3-4-9-12-11-7-5-10(2)6-8-11/h3-8H,9H2,1-2H3. The van der Waals surface area contributed by atoms with E-state index in [-0.39, 0.29) is 0 Å². The Labute approximate surface area is 73.7 Å². The molecule has 0 saturated heterocycles. The summed E-state index contributed by atoms with van der Waals surface area (Å²) >= 11 is 0. The first-order valence-corrected chi connectivity index (χ1v) is 4.13. The quantitative estimate of drug-likeness (QED) is 0.621. The van der Waals surface area contributed by atoms with Crippen molar-refractivity contribution < 1.29 is 4.74 Å². The van der Waals surface area contributed by atoms with E-state index in [9.17, 15) is 0 Å². The molecular formula is C11H14O. The molecule has 0 atom stereocenters. The highest BCUT2D eigenvalue weighted by Gasteiger charge is 1.89. The Morgan fingerprint density at radius 2 is 1.92 bits per heavy atom. The first-order chi connectivity index (χ1) is 5.83. The molecule has 0 saturated carbocycles. The summed E-state index contributed by atoms with van der Waals surface area (Å²) in [5, 5.41) is 0. The van der Waals surface area contributed by atoms with Crippen molar-refractivity contribution in [3.63, 3.8) is 0 Å². The molecular weight excluding hydrogens is 148 g/mol. The van der Waals surface area contributed by atoms with Crippen LogP contribution in [0.1, 0.15) is 12.5 Å². The Morgan fingerprint density at radius 1 is 1.25 bits per heavy atom. The highest BCUT2D eigenvalue weighted by molar-refractivity contribution is 5.26. The van der Waals surface area contributed by atoms with E-state index < -0.39 is 0 Å². The molecule has 0 aliphatic carbocycles. The fraction of sp³-hybridized carbons (Fsp3) is 0.273. The average Bonchev–Trinajstić information content (AvgIpc) is 2.09. The zero-order valence-corrected chi connectivity index (χ0v) is 7.58. The molecule has 0 spiro atoms. The van der Waals surface area contributed by atoms with Crippen molar-refractivity contribution in [3.8, 4) is 5.75 Å². The first-order valence-electron chi connectivity index (χ1n) is 4.13. The summed E-state index contributed by atoms with van der Waals surface area (Å²) in [7, 11) is 0. The molecule has 0 aliphatic heterocycles. The molecule has 0 fully saturated rings. The zero-order chi connectivity index (χ0) is 8.81. The summed E-state index contributed by atoms with van der Waals surface area (Å²) in [6.45, 7) is 4.70. The predicted octanol–water partition coefficient (Wildman–Crippen LogP) is 2.95. The van der Waals surface area contributed by atoms with Gasteiger partial charge >= 0.3 is 0 Å². The van der Waals surface area contributed by atoms with E-state index in [4.69, 9.17) is 4.74 Å². The molecule has 1 rings (SSSR count). The van der Waals surface area contributed by atoms with Gasteiger partial charge in [0.15, 0.2) is 0 Å². The van der Waals surface area contributed by atoms with Crippen molar-refractivity contribution in [3.05, 3.63) is 42.0 Å². The molecule has 12 heavy (non-hydrogen) atoms. The minimum absolute atomic E-state index is 0.652. The Bertz CT molecular complexity index is 246. The highest BCUT2D eigenvalue weighted by Crippen LogP contribution is 2.10. The Hall–Kier alpha value is -1.24. The third kappa shape index (κ3) is 2.79. The minimum atomic E-state index is 0.652. The maximum Gasteiger partial charge on any atom is 0.119 e. The molecule has 0 N–H and O–H groups in total. The summed E-state index contributed by atoms with van der Waals surface area (Å²) in [6.07, 6.45) is 3.97. The first kappa shape index (κ1) is 8.85. The van der Waals surface area contributed by atoms with E-state index in [1.54, 1.807) is 0 Å². The fourth-order valence-electron chi connectivity index (χ4n) is 0.875. The van der Waals surface area contributed by atoms with Crippen LogP contribution in [0.25, 0.3) is 0 Å². The number of allylic oxidation sites excluding steroid dienone is 1. The van der Waals surface area contributed by atoms with Gasteiger partial charge in [0.05, 0.1) is 0 Å². The van der Waals surface area contributed by atoms with Crippen molar-refractivity contribution in [2.45, 2.75) is 13.8 Å². The monoisotopic (exact) mass is 162 g/mol. The summed E-state index contributed by atoms with van der Waals surface area (Å²) in [5.74, 6) is 0.929. The van der Waals surface area contributed by atoms with Crippen LogP contribution in [-0.2, 0) is 0 Å². The second kappa shape index (κ2) is 4.60. The van der Waals surface area contributed by atoms with Crippen LogP contribution in [0.4, 0.5) is 0 Å². The van der Waals surface area contributed by atoms with Crippen LogP contribution >= 0.6 is 0 Å². The molecule has 0 aliphatic rings. The van der Waals surface area contributed by atoms with E-state index in [2.05, 4.69) is 6.92 Å². The molecule has 0 aromatic heterocycles. The van der Waals surface area contributed by atoms with Crippen LogP contribution in [0.15, 0.2) is 36.4 Å². The van der Waals surface area contributed by atoms with E-state index in [0.717, 1.165) is 5.75 Å².